The van der Waals surface area contributed by atoms with Crippen molar-refractivity contribution in [2.24, 2.45) is 5.92 Å². The molecule has 3 rings (SSSR count). The number of piperidine rings is 1. The quantitative estimate of drug-likeness (QED) is 0.739. The highest BCUT2D eigenvalue weighted by molar-refractivity contribution is 7.89. The lowest BCUT2D eigenvalue weighted by Crippen LogP contribution is -2.40. The van der Waals surface area contributed by atoms with Crippen molar-refractivity contribution in [3.63, 3.8) is 0 Å². The summed E-state index contributed by atoms with van der Waals surface area (Å²) in [6, 6.07) is 13.6. The predicted molar refractivity (Wildman–Crippen MR) is 103 cm³/mol. The molecular formula is C21H23NO4S. The van der Waals surface area contributed by atoms with E-state index in [1.54, 1.807) is 12.1 Å². The van der Waals surface area contributed by atoms with E-state index in [1.165, 1.54) is 23.4 Å². The molecule has 0 bridgehead atoms. The van der Waals surface area contributed by atoms with E-state index in [2.05, 4.69) is 0 Å². The van der Waals surface area contributed by atoms with Gasteiger partial charge in [-0.05, 0) is 38.8 Å². The zero-order chi connectivity index (χ0) is 19.6. The molecule has 2 aromatic carbocycles. The third-order valence-corrected chi connectivity index (χ3v) is 6.93. The summed E-state index contributed by atoms with van der Waals surface area (Å²) in [6.07, 6.45) is 0.997. The molecule has 1 saturated heterocycles. The molecule has 0 aromatic heterocycles. The van der Waals surface area contributed by atoms with Crippen molar-refractivity contribution in [1.29, 1.82) is 0 Å². The zero-order valence-corrected chi connectivity index (χ0v) is 16.3. The Labute approximate surface area is 160 Å². The van der Waals surface area contributed by atoms with Gasteiger partial charge >= 0.3 is 0 Å². The van der Waals surface area contributed by atoms with E-state index in [9.17, 15) is 18.0 Å². The third kappa shape index (κ3) is 4.17. The fraction of sp³-hybridized carbons (Fsp3) is 0.333. The van der Waals surface area contributed by atoms with Crippen molar-refractivity contribution in [2.45, 2.75) is 31.6 Å². The molecule has 0 unspecified atom stereocenters. The van der Waals surface area contributed by atoms with Gasteiger partial charge in [-0.2, -0.15) is 4.31 Å². The molecule has 1 aliphatic rings. The average molecular weight is 385 g/mol. The molecule has 142 valence electrons. The monoisotopic (exact) mass is 385 g/mol. The third-order valence-electron chi connectivity index (χ3n) is 5.04. The van der Waals surface area contributed by atoms with Crippen molar-refractivity contribution in [1.82, 2.24) is 4.31 Å². The van der Waals surface area contributed by atoms with Crippen LogP contribution in [-0.2, 0) is 10.0 Å². The van der Waals surface area contributed by atoms with Gasteiger partial charge in [0.1, 0.15) is 0 Å². The van der Waals surface area contributed by atoms with Crippen LogP contribution in [0.3, 0.4) is 0 Å². The van der Waals surface area contributed by atoms with E-state index in [0.717, 1.165) is 5.56 Å². The number of carbonyl (C=O) groups excluding carboxylic acids is 2. The van der Waals surface area contributed by atoms with E-state index >= 15 is 0 Å². The molecular weight excluding hydrogens is 362 g/mol. The minimum absolute atomic E-state index is 0.0747. The Bertz CT molecular complexity index is 956. The van der Waals surface area contributed by atoms with Crippen LogP contribution in [-0.4, -0.2) is 37.4 Å². The molecule has 1 aliphatic heterocycles. The smallest absolute Gasteiger partial charge is 0.243 e. The number of carbonyl (C=O) groups is 2. The van der Waals surface area contributed by atoms with Gasteiger partial charge in [-0.3, -0.25) is 9.59 Å². The Kier molecular flexibility index (Phi) is 5.58. The lowest BCUT2D eigenvalue weighted by Gasteiger charge is -2.30. The molecule has 0 aliphatic carbocycles. The van der Waals surface area contributed by atoms with E-state index in [-0.39, 0.29) is 22.4 Å². The topological polar surface area (TPSA) is 71.5 Å². The lowest BCUT2D eigenvalue weighted by atomic mass is 9.89. The first-order valence-electron chi connectivity index (χ1n) is 9.01. The van der Waals surface area contributed by atoms with E-state index in [4.69, 9.17) is 0 Å². The van der Waals surface area contributed by atoms with Gasteiger partial charge in [0.2, 0.25) is 10.0 Å². The van der Waals surface area contributed by atoms with Crippen LogP contribution in [0.15, 0.2) is 53.4 Å². The highest BCUT2D eigenvalue weighted by Crippen LogP contribution is 2.26. The zero-order valence-electron chi connectivity index (χ0n) is 15.5. The molecule has 0 radical (unpaired) electrons. The van der Waals surface area contributed by atoms with Crippen LogP contribution >= 0.6 is 0 Å². The fourth-order valence-corrected chi connectivity index (χ4v) is 4.85. The Morgan fingerprint density at radius 2 is 1.59 bits per heavy atom. The summed E-state index contributed by atoms with van der Waals surface area (Å²) >= 11 is 0. The van der Waals surface area contributed by atoms with Crippen molar-refractivity contribution in [3.8, 4) is 0 Å². The molecule has 5 nitrogen and oxygen atoms in total. The fourth-order valence-electron chi connectivity index (χ4n) is 3.34. The molecule has 0 N–H and O–H groups in total. The van der Waals surface area contributed by atoms with E-state index in [0.29, 0.717) is 37.1 Å². The number of ketones is 2. The molecule has 27 heavy (non-hydrogen) atoms. The maximum Gasteiger partial charge on any atom is 0.243 e. The molecule has 0 spiro atoms. The molecule has 0 atom stereocenters. The summed E-state index contributed by atoms with van der Waals surface area (Å²) in [4.78, 5) is 24.3. The lowest BCUT2D eigenvalue weighted by molar-refractivity contribution is 0.0875. The van der Waals surface area contributed by atoms with Crippen molar-refractivity contribution in [3.05, 3.63) is 65.2 Å². The second-order valence-corrected chi connectivity index (χ2v) is 8.93. The number of hydrogen-bond donors (Lipinski definition) is 0. The largest absolute Gasteiger partial charge is 0.295 e. The number of aryl methyl sites for hydroxylation is 1. The van der Waals surface area contributed by atoms with Crippen LogP contribution in [0.5, 0.6) is 0 Å². The molecule has 0 saturated carbocycles. The van der Waals surface area contributed by atoms with Gasteiger partial charge in [0.25, 0.3) is 0 Å². The second kappa shape index (κ2) is 7.74. The number of nitrogens with zero attached hydrogens (tertiary/aromatic N) is 1. The van der Waals surface area contributed by atoms with Gasteiger partial charge < -0.3 is 0 Å². The Hall–Kier alpha value is -2.31. The van der Waals surface area contributed by atoms with Gasteiger partial charge in [0.05, 0.1) is 4.90 Å². The Balaban J connectivity index is 1.71. The number of Topliss-reactive ketones (excluding diaryl/α,β-unsaturated/α-hetero) is 2. The van der Waals surface area contributed by atoms with E-state index < -0.39 is 10.0 Å². The standard InChI is InChI=1S/C21H23NO4S/c1-15-6-8-17(9-7-15)21(24)18-10-12-22(13-11-18)27(25,26)20-5-3-4-19(14-20)16(2)23/h3-9,14,18H,10-13H2,1-2H3. The van der Waals surface area contributed by atoms with Crippen LogP contribution in [0.1, 0.15) is 46.0 Å². The minimum Gasteiger partial charge on any atom is -0.295 e. The average Bonchev–Trinajstić information content (AvgIpc) is 2.68. The first-order chi connectivity index (χ1) is 12.8. The molecule has 1 heterocycles. The maximum absolute atomic E-state index is 12.9. The first kappa shape index (κ1) is 19.5. The van der Waals surface area contributed by atoms with Crippen LogP contribution in [0, 0.1) is 12.8 Å². The minimum atomic E-state index is -3.67. The van der Waals surface area contributed by atoms with Crippen molar-refractivity contribution in [2.75, 3.05) is 13.1 Å². The summed E-state index contributed by atoms with van der Waals surface area (Å²) in [5.74, 6) is -0.261. The maximum atomic E-state index is 12.9. The Morgan fingerprint density at radius 3 is 2.19 bits per heavy atom. The highest BCUT2D eigenvalue weighted by atomic mass is 32.2. The summed E-state index contributed by atoms with van der Waals surface area (Å²) in [7, 11) is -3.67. The van der Waals surface area contributed by atoms with Crippen LogP contribution in [0.25, 0.3) is 0 Å². The first-order valence-corrected chi connectivity index (χ1v) is 10.4. The van der Waals surface area contributed by atoms with Gasteiger partial charge in [-0.25, -0.2) is 8.42 Å². The SMILES string of the molecule is CC(=O)c1cccc(S(=O)(=O)N2CCC(C(=O)c3ccc(C)cc3)CC2)c1. The van der Waals surface area contributed by atoms with Gasteiger partial charge in [0, 0.05) is 30.1 Å². The Morgan fingerprint density at radius 1 is 0.963 bits per heavy atom. The van der Waals surface area contributed by atoms with Crippen LogP contribution in [0.2, 0.25) is 0 Å². The van der Waals surface area contributed by atoms with Gasteiger partial charge in [-0.15, -0.1) is 0 Å². The van der Waals surface area contributed by atoms with Crippen molar-refractivity contribution < 1.29 is 18.0 Å². The molecule has 2 aromatic rings. The molecule has 0 amide bonds. The number of sulfonamides is 1. The van der Waals surface area contributed by atoms with Crippen LogP contribution in [0.4, 0.5) is 0 Å². The van der Waals surface area contributed by atoms with E-state index in [1.807, 2.05) is 31.2 Å². The number of hydrogen-bond acceptors (Lipinski definition) is 4. The molecule has 6 heteroatoms. The number of rotatable bonds is 5. The summed E-state index contributed by atoms with van der Waals surface area (Å²) in [5, 5.41) is 0. The summed E-state index contributed by atoms with van der Waals surface area (Å²) in [6.45, 7) is 3.98. The highest BCUT2D eigenvalue weighted by Gasteiger charge is 2.32. The van der Waals surface area contributed by atoms with Crippen LogP contribution < -0.4 is 0 Å². The predicted octanol–water partition coefficient (Wildman–Crippen LogP) is 3.48. The van der Waals surface area contributed by atoms with Gasteiger partial charge in [-0.1, -0.05) is 42.0 Å². The normalized spacial score (nSPS) is 16.2. The summed E-state index contributed by atoms with van der Waals surface area (Å²) < 4.78 is 27.2. The number of benzene rings is 2. The second-order valence-electron chi connectivity index (χ2n) is 6.99. The van der Waals surface area contributed by atoms with Gasteiger partial charge in [0.15, 0.2) is 11.6 Å². The summed E-state index contributed by atoms with van der Waals surface area (Å²) in [5.41, 5.74) is 2.15. The molecule has 1 fully saturated rings. The van der Waals surface area contributed by atoms with Crippen molar-refractivity contribution >= 4 is 21.6 Å².